The molecule has 2 aromatic rings. The summed E-state index contributed by atoms with van der Waals surface area (Å²) in [5.74, 6) is 0.796. The van der Waals surface area contributed by atoms with Crippen molar-refractivity contribution in [1.82, 2.24) is 4.90 Å². The third-order valence-electron chi connectivity index (χ3n) is 3.62. The first-order chi connectivity index (χ1) is 11.6. The molecule has 0 aliphatic rings. The van der Waals surface area contributed by atoms with Gasteiger partial charge in [-0.05, 0) is 30.8 Å². The third kappa shape index (κ3) is 6.13. The van der Waals surface area contributed by atoms with Gasteiger partial charge < -0.3 is 14.6 Å². The van der Waals surface area contributed by atoms with Gasteiger partial charge in [-0.15, -0.1) is 0 Å². The fourth-order valence-electron chi connectivity index (χ4n) is 2.55. The molecule has 0 bridgehead atoms. The van der Waals surface area contributed by atoms with E-state index in [1.54, 1.807) is 7.11 Å². The Labute approximate surface area is 148 Å². The molecular formula is C19H24ClNO3. The Kier molecular flexibility index (Phi) is 7.53. The van der Waals surface area contributed by atoms with Gasteiger partial charge in [-0.3, -0.25) is 4.90 Å². The van der Waals surface area contributed by atoms with Crippen LogP contribution in [-0.4, -0.2) is 43.4 Å². The van der Waals surface area contributed by atoms with Gasteiger partial charge in [0.15, 0.2) is 0 Å². The highest BCUT2D eigenvalue weighted by Gasteiger charge is 2.10. The largest absolute Gasteiger partial charge is 0.496 e. The van der Waals surface area contributed by atoms with Gasteiger partial charge in [0, 0.05) is 23.7 Å². The lowest BCUT2D eigenvalue weighted by atomic mass is 10.2. The number of methoxy groups -OCH3 is 1. The number of halogens is 1. The lowest BCUT2D eigenvalue weighted by molar-refractivity contribution is 0.0122. The molecule has 4 nitrogen and oxygen atoms in total. The van der Waals surface area contributed by atoms with Crippen LogP contribution in [0.15, 0.2) is 48.5 Å². The van der Waals surface area contributed by atoms with Gasteiger partial charge in [-0.2, -0.15) is 0 Å². The molecule has 0 amide bonds. The smallest absolute Gasteiger partial charge is 0.124 e. The van der Waals surface area contributed by atoms with Crippen molar-refractivity contribution in [2.45, 2.75) is 19.3 Å². The van der Waals surface area contributed by atoms with Crippen LogP contribution < -0.4 is 4.74 Å². The molecule has 0 heterocycles. The summed E-state index contributed by atoms with van der Waals surface area (Å²) in [4.78, 5) is 2.04. The van der Waals surface area contributed by atoms with Crippen LogP contribution in [0.3, 0.4) is 0 Å². The van der Waals surface area contributed by atoms with E-state index in [4.69, 9.17) is 21.1 Å². The molecule has 0 aromatic heterocycles. The van der Waals surface area contributed by atoms with Gasteiger partial charge in [0.1, 0.15) is 5.75 Å². The minimum Gasteiger partial charge on any atom is -0.496 e. The quantitative estimate of drug-likeness (QED) is 0.753. The first-order valence-electron chi connectivity index (χ1n) is 7.89. The summed E-state index contributed by atoms with van der Waals surface area (Å²) in [6, 6.07) is 15.4. The van der Waals surface area contributed by atoms with Crippen molar-refractivity contribution in [3.05, 3.63) is 64.7 Å². The molecule has 1 N–H and O–H groups in total. The molecule has 0 saturated heterocycles. The predicted molar refractivity (Wildman–Crippen MR) is 96.4 cm³/mol. The number of likely N-dealkylation sites (N-methyl/N-ethyl adjacent to an activating group) is 1. The molecule has 130 valence electrons. The van der Waals surface area contributed by atoms with E-state index in [1.807, 2.05) is 60.5 Å². The van der Waals surface area contributed by atoms with Gasteiger partial charge in [-0.1, -0.05) is 41.9 Å². The maximum Gasteiger partial charge on any atom is 0.124 e. The molecule has 0 aliphatic heterocycles. The van der Waals surface area contributed by atoms with E-state index < -0.39 is 6.10 Å². The number of aliphatic hydroxyl groups is 1. The Morgan fingerprint density at radius 1 is 1.17 bits per heavy atom. The summed E-state index contributed by atoms with van der Waals surface area (Å²) in [6.45, 7) is 1.94. The second kappa shape index (κ2) is 9.64. The van der Waals surface area contributed by atoms with Crippen molar-refractivity contribution < 1.29 is 14.6 Å². The van der Waals surface area contributed by atoms with Crippen molar-refractivity contribution in [2.75, 3.05) is 27.3 Å². The Bertz CT molecular complexity index is 636. The van der Waals surface area contributed by atoms with Crippen molar-refractivity contribution in [2.24, 2.45) is 0 Å². The maximum absolute atomic E-state index is 10.1. The summed E-state index contributed by atoms with van der Waals surface area (Å²) in [5, 5.41) is 10.9. The van der Waals surface area contributed by atoms with Crippen LogP contribution in [0, 0.1) is 0 Å². The molecule has 5 heteroatoms. The van der Waals surface area contributed by atoms with E-state index >= 15 is 0 Å². The summed E-state index contributed by atoms with van der Waals surface area (Å²) < 4.78 is 10.9. The summed E-state index contributed by atoms with van der Waals surface area (Å²) in [7, 11) is 3.60. The normalized spacial score (nSPS) is 12.4. The average molecular weight is 350 g/mol. The highest BCUT2D eigenvalue weighted by atomic mass is 35.5. The van der Waals surface area contributed by atoms with E-state index in [0.717, 1.165) is 28.4 Å². The zero-order valence-electron chi connectivity index (χ0n) is 14.1. The molecule has 0 fully saturated rings. The van der Waals surface area contributed by atoms with Gasteiger partial charge >= 0.3 is 0 Å². The molecule has 1 atom stereocenters. The number of nitrogens with zero attached hydrogens (tertiary/aromatic N) is 1. The van der Waals surface area contributed by atoms with Crippen LogP contribution in [-0.2, 0) is 17.9 Å². The van der Waals surface area contributed by atoms with Crippen molar-refractivity contribution in [3.8, 4) is 5.75 Å². The molecular weight excluding hydrogens is 326 g/mol. The third-order valence-corrected chi connectivity index (χ3v) is 3.86. The summed E-state index contributed by atoms with van der Waals surface area (Å²) >= 11 is 5.99. The van der Waals surface area contributed by atoms with Crippen LogP contribution >= 0.6 is 11.6 Å². The molecule has 0 unspecified atom stereocenters. The summed E-state index contributed by atoms with van der Waals surface area (Å²) in [5.41, 5.74) is 2.09. The highest BCUT2D eigenvalue weighted by molar-refractivity contribution is 6.30. The molecule has 0 saturated carbocycles. The van der Waals surface area contributed by atoms with E-state index in [0.29, 0.717) is 13.2 Å². The number of rotatable bonds is 9. The van der Waals surface area contributed by atoms with Crippen LogP contribution in [0.25, 0.3) is 0 Å². The highest BCUT2D eigenvalue weighted by Crippen LogP contribution is 2.18. The number of ether oxygens (including phenoxy) is 2. The lowest BCUT2D eigenvalue weighted by Gasteiger charge is -2.21. The molecule has 0 radical (unpaired) electrons. The first-order valence-corrected chi connectivity index (χ1v) is 8.27. The number of hydrogen-bond acceptors (Lipinski definition) is 4. The zero-order valence-corrected chi connectivity index (χ0v) is 14.9. The minimum atomic E-state index is -0.552. The van der Waals surface area contributed by atoms with E-state index in [9.17, 15) is 5.11 Å². The first kappa shape index (κ1) is 18.7. The van der Waals surface area contributed by atoms with Crippen LogP contribution in [0.1, 0.15) is 11.1 Å². The second-order valence-corrected chi connectivity index (χ2v) is 6.24. The zero-order chi connectivity index (χ0) is 17.4. The fourth-order valence-corrected chi connectivity index (χ4v) is 2.76. The van der Waals surface area contributed by atoms with E-state index in [2.05, 4.69) is 0 Å². The Hall–Kier alpha value is -1.59. The Morgan fingerprint density at radius 3 is 2.71 bits per heavy atom. The monoisotopic (exact) mass is 349 g/mol. The molecule has 24 heavy (non-hydrogen) atoms. The van der Waals surface area contributed by atoms with Crippen molar-refractivity contribution in [3.63, 3.8) is 0 Å². The Balaban J connectivity index is 1.73. The van der Waals surface area contributed by atoms with Gasteiger partial charge in [0.25, 0.3) is 0 Å². The van der Waals surface area contributed by atoms with Crippen molar-refractivity contribution in [1.29, 1.82) is 0 Å². The number of hydrogen-bond donors (Lipinski definition) is 1. The van der Waals surface area contributed by atoms with Gasteiger partial charge in [-0.25, -0.2) is 0 Å². The standard InChI is InChI=1S/C19H24ClNO3/c1-21(11-15-6-5-8-17(20)10-15)12-18(22)14-24-13-16-7-3-4-9-19(16)23-2/h3-10,18,22H,11-14H2,1-2H3/t18-/m1/s1. The molecule has 2 rings (SSSR count). The van der Waals surface area contributed by atoms with Crippen LogP contribution in [0.2, 0.25) is 5.02 Å². The SMILES string of the molecule is COc1ccccc1COC[C@H](O)CN(C)Cc1cccc(Cl)c1. The molecule has 2 aromatic carbocycles. The average Bonchev–Trinajstić information content (AvgIpc) is 2.55. The number of aliphatic hydroxyl groups excluding tert-OH is 1. The molecule has 0 aliphatic carbocycles. The lowest BCUT2D eigenvalue weighted by Crippen LogP contribution is -2.31. The van der Waals surface area contributed by atoms with Crippen LogP contribution in [0.5, 0.6) is 5.75 Å². The van der Waals surface area contributed by atoms with Gasteiger partial charge in [0.05, 0.1) is 26.4 Å². The predicted octanol–water partition coefficient (Wildman–Crippen LogP) is 3.36. The fraction of sp³-hybridized carbons (Fsp3) is 0.368. The van der Waals surface area contributed by atoms with Crippen LogP contribution in [0.4, 0.5) is 0 Å². The summed E-state index contributed by atoms with van der Waals surface area (Å²) in [6.07, 6.45) is -0.552. The van der Waals surface area contributed by atoms with Crippen molar-refractivity contribution >= 4 is 11.6 Å². The van der Waals surface area contributed by atoms with Gasteiger partial charge in [0.2, 0.25) is 0 Å². The maximum atomic E-state index is 10.1. The van der Waals surface area contributed by atoms with E-state index in [-0.39, 0.29) is 6.61 Å². The number of benzene rings is 2. The topological polar surface area (TPSA) is 41.9 Å². The number of para-hydroxylation sites is 1. The second-order valence-electron chi connectivity index (χ2n) is 5.81. The molecule has 0 spiro atoms. The Morgan fingerprint density at radius 2 is 1.96 bits per heavy atom. The minimum absolute atomic E-state index is 0.276. The van der Waals surface area contributed by atoms with E-state index in [1.165, 1.54) is 0 Å².